The molecule has 0 aliphatic carbocycles. The normalized spacial score (nSPS) is 10.7. The Bertz CT molecular complexity index is 809. The fourth-order valence-electron chi connectivity index (χ4n) is 2.21. The Labute approximate surface area is 138 Å². The van der Waals surface area contributed by atoms with Gasteiger partial charge in [0.2, 0.25) is 5.91 Å². The average Bonchev–Trinajstić information content (AvgIpc) is 3.06. The minimum absolute atomic E-state index is 0.121. The Morgan fingerprint density at radius 3 is 2.70 bits per heavy atom. The summed E-state index contributed by atoms with van der Waals surface area (Å²) in [7, 11) is 0. The molecule has 1 amide bonds. The van der Waals surface area contributed by atoms with Gasteiger partial charge in [-0.1, -0.05) is 41.9 Å². The molecule has 0 fully saturated rings. The number of halogens is 1. The molecule has 0 spiro atoms. The van der Waals surface area contributed by atoms with Crippen molar-refractivity contribution >= 4 is 23.3 Å². The molecule has 3 aromatic rings. The van der Waals surface area contributed by atoms with Crippen LogP contribution in [0, 0.1) is 6.92 Å². The number of anilines is 1. The van der Waals surface area contributed by atoms with Crippen molar-refractivity contribution in [2.75, 3.05) is 5.32 Å². The third-order valence-corrected chi connectivity index (χ3v) is 3.51. The van der Waals surface area contributed by atoms with Crippen LogP contribution in [0.4, 0.5) is 5.82 Å². The van der Waals surface area contributed by atoms with Gasteiger partial charge in [-0.2, -0.15) is 10.2 Å². The summed E-state index contributed by atoms with van der Waals surface area (Å²) < 4.78 is 3.27. The smallest absolute Gasteiger partial charge is 0.247 e. The first kappa shape index (κ1) is 15.3. The molecule has 0 aliphatic rings. The number of hydrogen-bond donors (Lipinski definition) is 1. The molecule has 0 bridgehead atoms. The number of benzene rings is 1. The van der Waals surface area contributed by atoms with E-state index < -0.39 is 0 Å². The van der Waals surface area contributed by atoms with Crippen LogP contribution in [0.25, 0.3) is 0 Å². The molecule has 0 radical (unpaired) electrons. The highest BCUT2D eigenvalue weighted by Gasteiger charge is 2.11. The monoisotopic (exact) mass is 329 g/mol. The zero-order chi connectivity index (χ0) is 16.2. The number of aromatic nitrogens is 4. The summed E-state index contributed by atoms with van der Waals surface area (Å²) in [6, 6.07) is 9.91. The minimum atomic E-state index is -0.222. The largest absolute Gasteiger partial charge is 0.306 e. The van der Waals surface area contributed by atoms with Crippen molar-refractivity contribution < 1.29 is 4.79 Å². The lowest BCUT2D eigenvalue weighted by Crippen LogP contribution is -2.19. The number of rotatable bonds is 5. The van der Waals surface area contributed by atoms with Crippen molar-refractivity contribution in [3.05, 3.63) is 65.1 Å². The lowest BCUT2D eigenvalue weighted by atomic mass is 10.2. The van der Waals surface area contributed by atoms with Gasteiger partial charge < -0.3 is 5.32 Å². The van der Waals surface area contributed by atoms with Gasteiger partial charge in [0.1, 0.15) is 11.6 Å². The third kappa shape index (κ3) is 3.98. The lowest BCUT2D eigenvalue weighted by Gasteiger charge is -2.03. The van der Waals surface area contributed by atoms with Gasteiger partial charge in [-0.25, -0.2) is 0 Å². The molecule has 23 heavy (non-hydrogen) atoms. The summed E-state index contributed by atoms with van der Waals surface area (Å²) in [5.41, 5.74) is 2.11. The number of aryl methyl sites for hydroxylation is 1. The molecule has 118 valence electrons. The molecule has 6 nitrogen and oxygen atoms in total. The van der Waals surface area contributed by atoms with E-state index in [0.717, 1.165) is 11.1 Å². The molecule has 2 heterocycles. The second kappa shape index (κ2) is 6.66. The topological polar surface area (TPSA) is 64.7 Å². The van der Waals surface area contributed by atoms with Crippen molar-refractivity contribution in [1.82, 2.24) is 19.6 Å². The van der Waals surface area contributed by atoms with Gasteiger partial charge in [0, 0.05) is 12.4 Å². The van der Waals surface area contributed by atoms with E-state index in [4.69, 9.17) is 11.6 Å². The van der Waals surface area contributed by atoms with Crippen LogP contribution in [0.15, 0.2) is 48.9 Å². The van der Waals surface area contributed by atoms with Crippen LogP contribution < -0.4 is 5.32 Å². The fraction of sp³-hybridized carbons (Fsp3) is 0.188. The van der Waals surface area contributed by atoms with Gasteiger partial charge >= 0.3 is 0 Å². The second-order valence-electron chi connectivity index (χ2n) is 5.27. The number of carbonyl (C=O) groups excluding carboxylic acids is 1. The predicted molar refractivity (Wildman–Crippen MR) is 88.4 cm³/mol. The van der Waals surface area contributed by atoms with E-state index in [0.29, 0.717) is 17.4 Å². The highest BCUT2D eigenvalue weighted by atomic mass is 35.5. The van der Waals surface area contributed by atoms with Crippen LogP contribution in [0.5, 0.6) is 0 Å². The van der Waals surface area contributed by atoms with Crippen LogP contribution in [-0.2, 0) is 17.9 Å². The number of hydrogen-bond acceptors (Lipinski definition) is 3. The van der Waals surface area contributed by atoms with Crippen molar-refractivity contribution in [2.45, 2.75) is 20.0 Å². The maximum Gasteiger partial charge on any atom is 0.247 e. The molecule has 2 aromatic heterocycles. The van der Waals surface area contributed by atoms with Gasteiger partial charge in [-0.05, 0) is 18.1 Å². The number of carbonyl (C=O) groups is 1. The predicted octanol–water partition coefficient (Wildman–Crippen LogP) is 2.73. The van der Waals surface area contributed by atoms with Gasteiger partial charge in [0.25, 0.3) is 0 Å². The number of nitrogens with zero attached hydrogens (tertiary/aromatic N) is 4. The third-order valence-electron chi connectivity index (χ3n) is 3.23. The second-order valence-corrected chi connectivity index (χ2v) is 5.68. The zero-order valence-electron chi connectivity index (χ0n) is 12.6. The van der Waals surface area contributed by atoms with Gasteiger partial charge in [-0.3, -0.25) is 14.2 Å². The quantitative estimate of drug-likeness (QED) is 0.782. The molecular formula is C16H16ClN5O. The van der Waals surface area contributed by atoms with Crippen molar-refractivity contribution in [3.8, 4) is 0 Å². The Morgan fingerprint density at radius 2 is 2.00 bits per heavy atom. The zero-order valence-corrected chi connectivity index (χ0v) is 13.4. The van der Waals surface area contributed by atoms with Gasteiger partial charge in [0.05, 0.1) is 12.7 Å². The first-order valence-corrected chi connectivity index (χ1v) is 7.54. The number of nitrogens with one attached hydrogen (secondary N) is 1. The van der Waals surface area contributed by atoms with E-state index in [9.17, 15) is 4.79 Å². The van der Waals surface area contributed by atoms with Crippen LogP contribution in [-0.4, -0.2) is 25.5 Å². The SMILES string of the molecule is Cc1cnn(CC(=O)Nc2nn(Cc3ccccc3)cc2Cl)c1. The van der Waals surface area contributed by atoms with Gasteiger partial charge in [-0.15, -0.1) is 0 Å². The maximum absolute atomic E-state index is 12.0. The highest BCUT2D eigenvalue weighted by molar-refractivity contribution is 6.33. The van der Waals surface area contributed by atoms with E-state index in [-0.39, 0.29) is 12.5 Å². The standard InChI is InChI=1S/C16H16ClN5O/c1-12-7-18-21(8-12)11-15(23)19-16-14(17)10-22(20-16)9-13-5-3-2-4-6-13/h2-8,10H,9,11H2,1H3,(H,19,20,23). The van der Waals surface area contributed by atoms with Gasteiger partial charge in [0.15, 0.2) is 5.82 Å². The molecule has 3 rings (SSSR count). The molecule has 0 unspecified atom stereocenters. The molecule has 0 aliphatic heterocycles. The molecule has 1 N–H and O–H groups in total. The van der Waals surface area contributed by atoms with E-state index in [1.54, 1.807) is 28.0 Å². The molecule has 0 atom stereocenters. The minimum Gasteiger partial charge on any atom is -0.306 e. The summed E-state index contributed by atoms with van der Waals surface area (Å²) in [4.78, 5) is 12.0. The van der Waals surface area contributed by atoms with E-state index in [1.807, 2.05) is 37.3 Å². The summed E-state index contributed by atoms with van der Waals surface area (Å²) >= 11 is 6.14. The van der Waals surface area contributed by atoms with Crippen LogP contribution in [0.1, 0.15) is 11.1 Å². The summed E-state index contributed by atoms with van der Waals surface area (Å²) in [6.07, 6.45) is 5.20. The van der Waals surface area contributed by atoms with Crippen LogP contribution >= 0.6 is 11.6 Å². The van der Waals surface area contributed by atoms with Crippen LogP contribution in [0.2, 0.25) is 5.02 Å². The Balaban J connectivity index is 1.65. The fourth-order valence-corrected chi connectivity index (χ4v) is 2.40. The first-order valence-electron chi connectivity index (χ1n) is 7.16. The summed E-state index contributed by atoms with van der Waals surface area (Å²) in [5, 5.41) is 11.5. The number of amides is 1. The Morgan fingerprint density at radius 1 is 1.22 bits per heavy atom. The first-order chi connectivity index (χ1) is 11.1. The molecule has 7 heteroatoms. The lowest BCUT2D eigenvalue weighted by molar-refractivity contribution is -0.116. The van der Waals surface area contributed by atoms with E-state index in [2.05, 4.69) is 15.5 Å². The summed E-state index contributed by atoms with van der Waals surface area (Å²) in [6.45, 7) is 2.63. The molecular weight excluding hydrogens is 314 g/mol. The Kier molecular flexibility index (Phi) is 4.43. The van der Waals surface area contributed by atoms with Crippen LogP contribution in [0.3, 0.4) is 0 Å². The highest BCUT2D eigenvalue weighted by Crippen LogP contribution is 2.20. The van der Waals surface area contributed by atoms with E-state index >= 15 is 0 Å². The van der Waals surface area contributed by atoms with Crippen molar-refractivity contribution in [3.63, 3.8) is 0 Å². The van der Waals surface area contributed by atoms with Crippen molar-refractivity contribution in [2.24, 2.45) is 0 Å². The van der Waals surface area contributed by atoms with Crippen molar-refractivity contribution in [1.29, 1.82) is 0 Å². The molecule has 1 aromatic carbocycles. The average molecular weight is 330 g/mol. The molecule has 0 saturated heterocycles. The molecule has 0 saturated carbocycles. The van der Waals surface area contributed by atoms with E-state index in [1.165, 1.54) is 0 Å². The Hall–Kier alpha value is -2.60. The summed E-state index contributed by atoms with van der Waals surface area (Å²) in [5.74, 6) is 0.136. The maximum atomic E-state index is 12.0.